The molecule has 0 bridgehead atoms. The molecule has 0 saturated carbocycles. The third-order valence-corrected chi connectivity index (χ3v) is 4.32. The summed E-state index contributed by atoms with van der Waals surface area (Å²) in [6.45, 7) is 0.00322. The molecule has 0 fully saturated rings. The Kier molecular flexibility index (Phi) is 10.3. The number of nitrogens with one attached hydrogen (secondary N) is 2. The number of aromatic nitrogens is 1. The van der Waals surface area contributed by atoms with Gasteiger partial charge in [-0.25, -0.2) is 4.98 Å². The SMILES string of the molecule is CN=C(NCCc1csc(C)n1)NCc1ccc(OC)cc1OC(F)F.I. The van der Waals surface area contributed by atoms with Gasteiger partial charge in [-0.1, -0.05) is 0 Å². The van der Waals surface area contributed by atoms with Crippen LogP contribution in [-0.4, -0.2) is 38.3 Å². The third-order valence-electron chi connectivity index (χ3n) is 3.50. The van der Waals surface area contributed by atoms with Gasteiger partial charge in [0.1, 0.15) is 11.5 Å². The summed E-state index contributed by atoms with van der Waals surface area (Å²) in [5.41, 5.74) is 1.60. The molecule has 6 nitrogen and oxygen atoms in total. The summed E-state index contributed by atoms with van der Waals surface area (Å²) in [5.74, 6) is 1.08. The molecule has 0 atom stereocenters. The van der Waals surface area contributed by atoms with Gasteiger partial charge in [0.2, 0.25) is 0 Å². The number of thiazole rings is 1. The maximum Gasteiger partial charge on any atom is 0.387 e. The Labute approximate surface area is 178 Å². The number of methoxy groups -OCH3 is 1. The molecule has 0 aliphatic heterocycles. The van der Waals surface area contributed by atoms with E-state index in [2.05, 4.69) is 25.3 Å². The zero-order chi connectivity index (χ0) is 18.9. The first-order valence-electron chi connectivity index (χ1n) is 7.99. The second-order valence-electron chi connectivity index (χ2n) is 5.31. The van der Waals surface area contributed by atoms with Crippen LogP contribution in [-0.2, 0) is 13.0 Å². The number of halogens is 3. The van der Waals surface area contributed by atoms with Gasteiger partial charge in [0, 0.05) is 43.6 Å². The molecule has 2 N–H and O–H groups in total. The molecule has 10 heteroatoms. The van der Waals surface area contributed by atoms with Crippen LogP contribution in [0, 0.1) is 6.92 Å². The fourth-order valence-electron chi connectivity index (χ4n) is 2.25. The van der Waals surface area contributed by atoms with Crippen molar-refractivity contribution in [2.24, 2.45) is 4.99 Å². The van der Waals surface area contributed by atoms with Gasteiger partial charge in [-0.05, 0) is 19.1 Å². The van der Waals surface area contributed by atoms with E-state index in [0.29, 0.717) is 23.8 Å². The lowest BCUT2D eigenvalue weighted by Gasteiger charge is -2.15. The van der Waals surface area contributed by atoms with Crippen molar-refractivity contribution in [1.82, 2.24) is 15.6 Å². The van der Waals surface area contributed by atoms with E-state index in [9.17, 15) is 8.78 Å². The summed E-state index contributed by atoms with van der Waals surface area (Å²) in [5, 5.41) is 9.32. The molecule has 0 saturated heterocycles. The van der Waals surface area contributed by atoms with Crippen LogP contribution >= 0.6 is 35.3 Å². The topological polar surface area (TPSA) is 67.8 Å². The molecule has 1 heterocycles. The second-order valence-corrected chi connectivity index (χ2v) is 6.37. The number of hydrogen-bond donors (Lipinski definition) is 2. The zero-order valence-corrected chi connectivity index (χ0v) is 18.4. The maximum absolute atomic E-state index is 12.6. The molecule has 2 aromatic rings. The van der Waals surface area contributed by atoms with Crippen LogP contribution in [0.25, 0.3) is 0 Å². The van der Waals surface area contributed by atoms with Gasteiger partial charge in [-0.2, -0.15) is 8.78 Å². The Hall–Kier alpha value is -1.69. The Bertz CT molecular complexity index is 743. The lowest BCUT2D eigenvalue weighted by atomic mass is 10.2. The van der Waals surface area contributed by atoms with Crippen LogP contribution in [0.3, 0.4) is 0 Å². The van der Waals surface area contributed by atoms with Gasteiger partial charge < -0.3 is 20.1 Å². The highest BCUT2D eigenvalue weighted by Crippen LogP contribution is 2.26. The Morgan fingerprint density at radius 3 is 2.70 bits per heavy atom. The number of guanidine groups is 1. The average Bonchev–Trinajstić information content (AvgIpc) is 3.03. The van der Waals surface area contributed by atoms with Crippen molar-refractivity contribution in [3.8, 4) is 11.5 Å². The molecule has 1 aromatic heterocycles. The summed E-state index contributed by atoms with van der Waals surface area (Å²) < 4.78 is 34.8. The van der Waals surface area contributed by atoms with E-state index >= 15 is 0 Å². The van der Waals surface area contributed by atoms with Gasteiger partial charge in [0.15, 0.2) is 5.96 Å². The van der Waals surface area contributed by atoms with Gasteiger partial charge in [-0.15, -0.1) is 35.3 Å². The lowest BCUT2D eigenvalue weighted by molar-refractivity contribution is -0.0505. The van der Waals surface area contributed by atoms with E-state index in [0.717, 1.165) is 17.1 Å². The number of aliphatic imine (C=N–C) groups is 1. The van der Waals surface area contributed by atoms with Crippen molar-refractivity contribution in [2.75, 3.05) is 20.7 Å². The number of ether oxygens (including phenoxy) is 2. The number of rotatable bonds is 8. The van der Waals surface area contributed by atoms with Crippen molar-refractivity contribution in [2.45, 2.75) is 26.5 Å². The van der Waals surface area contributed by atoms with Gasteiger partial charge in [-0.3, -0.25) is 4.99 Å². The van der Waals surface area contributed by atoms with Gasteiger partial charge in [0.25, 0.3) is 0 Å². The fraction of sp³-hybridized carbons (Fsp3) is 0.412. The standard InChI is InChI=1S/C17H22F2N4O2S.HI/c1-11-23-13(10-26-11)6-7-21-17(20-2)22-9-12-4-5-14(24-3)8-15(12)25-16(18)19;/h4-5,8,10,16H,6-7,9H2,1-3H3,(H2,20,21,22);1H. The number of benzene rings is 1. The van der Waals surface area contributed by atoms with E-state index in [1.807, 2.05) is 12.3 Å². The highest BCUT2D eigenvalue weighted by atomic mass is 127. The van der Waals surface area contributed by atoms with E-state index in [-0.39, 0.29) is 36.3 Å². The van der Waals surface area contributed by atoms with Gasteiger partial charge in [0.05, 0.1) is 17.8 Å². The predicted octanol–water partition coefficient (Wildman–Crippen LogP) is 3.59. The molecule has 0 aliphatic rings. The van der Waals surface area contributed by atoms with E-state index in [4.69, 9.17) is 4.74 Å². The molecule has 1 aromatic carbocycles. The molecular weight excluding hydrogens is 489 g/mol. The highest BCUT2D eigenvalue weighted by Gasteiger charge is 2.12. The smallest absolute Gasteiger partial charge is 0.387 e. The van der Waals surface area contributed by atoms with Crippen LogP contribution in [0.15, 0.2) is 28.6 Å². The molecule has 0 aliphatic carbocycles. The third kappa shape index (κ3) is 7.83. The Balaban J connectivity index is 0.00000364. The monoisotopic (exact) mass is 512 g/mol. The van der Waals surface area contributed by atoms with Crippen molar-refractivity contribution in [3.63, 3.8) is 0 Å². The molecule has 0 amide bonds. The number of aryl methyl sites for hydroxylation is 1. The van der Waals surface area contributed by atoms with Crippen LogP contribution in [0.2, 0.25) is 0 Å². The maximum atomic E-state index is 12.6. The van der Waals surface area contributed by atoms with Crippen LogP contribution in [0.4, 0.5) is 8.78 Å². The summed E-state index contributed by atoms with van der Waals surface area (Å²) in [6.07, 6.45) is 0.771. The van der Waals surface area contributed by atoms with Crippen molar-refractivity contribution in [1.29, 1.82) is 0 Å². The first-order chi connectivity index (χ1) is 12.5. The Morgan fingerprint density at radius 1 is 1.33 bits per heavy atom. The molecule has 150 valence electrons. The minimum atomic E-state index is -2.90. The fourth-order valence-corrected chi connectivity index (χ4v) is 2.89. The highest BCUT2D eigenvalue weighted by molar-refractivity contribution is 14.0. The molecule has 2 rings (SSSR count). The zero-order valence-electron chi connectivity index (χ0n) is 15.3. The molecule has 0 unspecified atom stereocenters. The number of nitrogens with zero attached hydrogens (tertiary/aromatic N) is 2. The summed E-state index contributed by atoms with van der Waals surface area (Å²) in [4.78, 5) is 8.53. The van der Waals surface area contributed by atoms with Crippen molar-refractivity contribution < 1.29 is 18.3 Å². The largest absolute Gasteiger partial charge is 0.497 e. The van der Waals surface area contributed by atoms with E-state index in [1.54, 1.807) is 30.5 Å². The van der Waals surface area contributed by atoms with Crippen molar-refractivity contribution >= 4 is 41.3 Å². The first-order valence-corrected chi connectivity index (χ1v) is 8.87. The molecule has 0 radical (unpaired) electrons. The normalized spacial score (nSPS) is 11.1. The minimum Gasteiger partial charge on any atom is -0.497 e. The number of alkyl halides is 2. The first kappa shape index (κ1) is 23.3. The molecule has 27 heavy (non-hydrogen) atoms. The van der Waals surface area contributed by atoms with Crippen molar-refractivity contribution in [3.05, 3.63) is 39.8 Å². The van der Waals surface area contributed by atoms with Gasteiger partial charge >= 0.3 is 6.61 Å². The summed E-state index contributed by atoms with van der Waals surface area (Å²) in [6, 6.07) is 4.80. The van der Waals surface area contributed by atoms with E-state index in [1.165, 1.54) is 13.2 Å². The second kappa shape index (κ2) is 11.9. The summed E-state index contributed by atoms with van der Waals surface area (Å²) in [7, 11) is 3.11. The average molecular weight is 512 g/mol. The number of hydrogen-bond acceptors (Lipinski definition) is 5. The van der Waals surface area contributed by atoms with Crippen LogP contribution in [0.1, 0.15) is 16.3 Å². The lowest BCUT2D eigenvalue weighted by Crippen LogP contribution is -2.38. The summed E-state index contributed by atoms with van der Waals surface area (Å²) >= 11 is 1.62. The molecule has 0 spiro atoms. The minimum absolute atomic E-state index is 0. The predicted molar refractivity (Wildman–Crippen MR) is 114 cm³/mol. The van der Waals surface area contributed by atoms with E-state index < -0.39 is 6.61 Å². The Morgan fingerprint density at radius 2 is 2.11 bits per heavy atom. The van der Waals surface area contributed by atoms with Crippen LogP contribution in [0.5, 0.6) is 11.5 Å². The van der Waals surface area contributed by atoms with Crippen LogP contribution < -0.4 is 20.1 Å². The quantitative estimate of drug-likeness (QED) is 0.322. The molecular formula is C17H23F2IN4O2S.